The smallest absolute Gasteiger partial charge is 0.147 e. The van der Waals surface area contributed by atoms with Gasteiger partial charge in [-0.3, -0.25) is 0 Å². The van der Waals surface area contributed by atoms with Crippen LogP contribution in [0.15, 0.2) is 24.3 Å². The number of aromatic nitrogens is 2. The van der Waals surface area contributed by atoms with E-state index in [1.165, 1.54) is 23.7 Å². The Kier molecular flexibility index (Phi) is 6.22. The molecule has 0 fully saturated rings. The van der Waals surface area contributed by atoms with Gasteiger partial charge < -0.3 is 11.5 Å². The van der Waals surface area contributed by atoms with Gasteiger partial charge in [-0.2, -0.15) is 4.37 Å². The summed E-state index contributed by atoms with van der Waals surface area (Å²) in [7, 11) is 0. The number of rotatable bonds is 8. The van der Waals surface area contributed by atoms with Crippen molar-refractivity contribution in [2.75, 3.05) is 6.54 Å². The van der Waals surface area contributed by atoms with Crippen LogP contribution in [0.5, 0.6) is 0 Å². The van der Waals surface area contributed by atoms with Gasteiger partial charge in [0.1, 0.15) is 16.6 Å². The van der Waals surface area contributed by atoms with Gasteiger partial charge in [0.15, 0.2) is 0 Å². The molecule has 6 heteroatoms. The van der Waals surface area contributed by atoms with Crippen molar-refractivity contribution in [3.8, 4) is 0 Å². The maximum atomic E-state index is 13.1. The molecule has 0 saturated carbocycles. The summed E-state index contributed by atoms with van der Waals surface area (Å²) >= 11 is 1.34. The summed E-state index contributed by atoms with van der Waals surface area (Å²) in [5.74, 6) is 0.470. The molecule has 1 aromatic heterocycles. The predicted molar refractivity (Wildman–Crippen MR) is 83.6 cm³/mol. The number of nitrogens with two attached hydrogens (primary N) is 2. The second kappa shape index (κ2) is 8.17. The molecular weight excluding hydrogens is 287 g/mol. The van der Waals surface area contributed by atoms with Crippen LogP contribution in [0.25, 0.3) is 0 Å². The topological polar surface area (TPSA) is 77.8 Å². The molecule has 2 rings (SSSR count). The Hall–Kier alpha value is -1.37. The van der Waals surface area contributed by atoms with E-state index in [1.54, 1.807) is 6.07 Å². The lowest BCUT2D eigenvalue weighted by Crippen LogP contribution is -2.10. The molecule has 0 bridgehead atoms. The molecule has 0 radical (unpaired) electrons. The Bertz CT molecular complexity index is 558. The minimum absolute atomic E-state index is 0.0680. The van der Waals surface area contributed by atoms with Crippen molar-refractivity contribution in [1.82, 2.24) is 9.36 Å². The van der Waals surface area contributed by atoms with Crippen LogP contribution in [0.2, 0.25) is 0 Å². The zero-order valence-corrected chi connectivity index (χ0v) is 12.8. The van der Waals surface area contributed by atoms with Crippen LogP contribution in [0, 0.1) is 5.82 Å². The van der Waals surface area contributed by atoms with E-state index in [2.05, 4.69) is 9.36 Å². The van der Waals surface area contributed by atoms with Crippen LogP contribution < -0.4 is 11.5 Å². The lowest BCUT2D eigenvalue weighted by Gasteiger charge is -2.06. The first-order chi connectivity index (χ1) is 10.2. The second-order valence-corrected chi connectivity index (χ2v) is 5.88. The van der Waals surface area contributed by atoms with Crippen molar-refractivity contribution in [3.63, 3.8) is 0 Å². The Morgan fingerprint density at radius 3 is 2.86 bits per heavy atom. The number of halogens is 1. The third-order valence-electron chi connectivity index (χ3n) is 3.27. The standard InChI is InChI=1S/C15H21FN4S/c16-12-6-4-5-11(9-12)10-14-19-15(21-20-14)13(18)7-2-1-3-8-17/h4-6,9,13H,1-3,7-8,10,17-18H2. The van der Waals surface area contributed by atoms with Crippen LogP contribution >= 0.6 is 11.5 Å². The van der Waals surface area contributed by atoms with E-state index in [1.807, 2.05) is 6.07 Å². The number of hydrogen-bond acceptors (Lipinski definition) is 5. The first-order valence-corrected chi connectivity index (χ1v) is 7.99. The number of nitrogens with zero attached hydrogens (tertiary/aromatic N) is 2. The van der Waals surface area contributed by atoms with E-state index in [0.29, 0.717) is 12.2 Å². The van der Waals surface area contributed by atoms with Crippen LogP contribution in [0.1, 0.15) is 48.1 Å². The van der Waals surface area contributed by atoms with Crippen LogP contribution in [-0.2, 0) is 6.42 Å². The SMILES string of the molecule is NCCCCCC(N)c1nc(Cc2cccc(F)c2)ns1. The van der Waals surface area contributed by atoms with Gasteiger partial charge in [-0.15, -0.1) is 0 Å². The highest BCUT2D eigenvalue weighted by Gasteiger charge is 2.12. The van der Waals surface area contributed by atoms with Crippen molar-refractivity contribution >= 4 is 11.5 Å². The van der Waals surface area contributed by atoms with Gasteiger partial charge in [-0.25, -0.2) is 9.37 Å². The zero-order valence-electron chi connectivity index (χ0n) is 12.0. The predicted octanol–water partition coefficient (Wildman–Crippen LogP) is 2.79. The van der Waals surface area contributed by atoms with Crippen molar-refractivity contribution in [1.29, 1.82) is 0 Å². The summed E-state index contributed by atoms with van der Waals surface area (Å²) in [4.78, 5) is 4.47. The molecule has 4 N–H and O–H groups in total. The first kappa shape index (κ1) is 16.0. The van der Waals surface area contributed by atoms with Crippen LogP contribution in [0.4, 0.5) is 4.39 Å². The van der Waals surface area contributed by atoms with E-state index in [0.717, 1.165) is 42.8 Å². The highest BCUT2D eigenvalue weighted by atomic mass is 32.1. The second-order valence-electron chi connectivity index (χ2n) is 5.10. The maximum Gasteiger partial charge on any atom is 0.147 e. The molecule has 2 aromatic rings. The molecule has 114 valence electrons. The Morgan fingerprint density at radius 1 is 1.24 bits per heavy atom. The quantitative estimate of drug-likeness (QED) is 0.735. The molecule has 21 heavy (non-hydrogen) atoms. The highest BCUT2D eigenvalue weighted by molar-refractivity contribution is 7.05. The molecule has 1 heterocycles. The third-order valence-corrected chi connectivity index (χ3v) is 4.15. The summed E-state index contributed by atoms with van der Waals surface area (Å²) in [6, 6.07) is 6.44. The van der Waals surface area contributed by atoms with Gasteiger partial charge in [-0.05, 0) is 48.6 Å². The fourth-order valence-corrected chi connectivity index (χ4v) is 2.83. The number of hydrogen-bond donors (Lipinski definition) is 2. The molecule has 1 unspecified atom stereocenters. The van der Waals surface area contributed by atoms with E-state index in [-0.39, 0.29) is 11.9 Å². The van der Waals surface area contributed by atoms with Crippen molar-refractivity contribution in [2.24, 2.45) is 11.5 Å². The molecule has 0 aliphatic heterocycles. The molecular formula is C15H21FN4S. The summed E-state index contributed by atoms with van der Waals surface area (Å²) < 4.78 is 17.5. The van der Waals surface area contributed by atoms with Gasteiger partial charge >= 0.3 is 0 Å². The summed E-state index contributed by atoms with van der Waals surface area (Å²) in [5, 5.41) is 0.856. The molecule has 0 saturated heterocycles. The maximum absolute atomic E-state index is 13.1. The minimum atomic E-state index is -0.237. The van der Waals surface area contributed by atoms with E-state index >= 15 is 0 Å². The van der Waals surface area contributed by atoms with E-state index in [4.69, 9.17) is 11.5 Å². The Morgan fingerprint density at radius 2 is 2.10 bits per heavy atom. The Labute approximate surface area is 128 Å². The first-order valence-electron chi connectivity index (χ1n) is 7.21. The van der Waals surface area contributed by atoms with Gasteiger partial charge in [0, 0.05) is 6.42 Å². The normalized spacial score (nSPS) is 12.5. The fraction of sp³-hybridized carbons (Fsp3) is 0.467. The van der Waals surface area contributed by atoms with Crippen molar-refractivity contribution < 1.29 is 4.39 Å². The van der Waals surface area contributed by atoms with Crippen LogP contribution in [0.3, 0.4) is 0 Å². The molecule has 0 aliphatic rings. The van der Waals surface area contributed by atoms with E-state index in [9.17, 15) is 4.39 Å². The van der Waals surface area contributed by atoms with Gasteiger partial charge in [0.2, 0.25) is 0 Å². The van der Waals surface area contributed by atoms with Gasteiger partial charge in [0.25, 0.3) is 0 Å². The minimum Gasteiger partial charge on any atom is -0.330 e. The molecule has 4 nitrogen and oxygen atoms in total. The number of unbranched alkanes of at least 4 members (excludes halogenated alkanes) is 2. The fourth-order valence-electron chi connectivity index (χ4n) is 2.13. The Balaban J connectivity index is 1.88. The molecule has 0 amide bonds. The average Bonchev–Trinajstić information content (AvgIpc) is 2.92. The summed E-state index contributed by atoms with van der Waals surface area (Å²) in [5.41, 5.74) is 12.5. The monoisotopic (exact) mass is 308 g/mol. The summed E-state index contributed by atoms with van der Waals surface area (Å²) in [6.07, 6.45) is 4.62. The van der Waals surface area contributed by atoms with Gasteiger partial charge in [-0.1, -0.05) is 25.0 Å². The van der Waals surface area contributed by atoms with E-state index < -0.39 is 0 Å². The summed E-state index contributed by atoms with van der Waals surface area (Å²) in [6.45, 7) is 0.728. The molecule has 1 aromatic carbocycles. The van der Waals surface area contributed by atoms with Crippen molar-refractivity contribution in [3.05, 3.63) is 46.5 Å². The largest absolute Gasteiger partial charge is 0.330 e. The lowest BCUT2D eigenvalue weighted by atomic mass is 10.1. The van der Waals surface area contributed by atoms with Crippen LogP contribution in [-0.4, -0.2) is 15.9 Å². The molecule has 0 aliphatic carbocycles. The van der Waals surface area contributed by atoms with Gasteiger partial charge in [0.05, 0.1) is 6.04 Å². The third kappa shape index (κ3) is 5.15. The molecule has 0 spiro atoms. The molecule has 1 atom stereocenters. The lowest BCUT2D eigenvalue weighted by molar-refractivity contribution is 0.570. The highest BCUT2D eigenvalue weighted by Crippen LogP contribution is 2.20. The zero-order chi connectivity index (χ0) is 15.1. The number of benzene rings is 1. The van der Waals surface area contributed by atoms with Crippen molar-refractivity contribution in [2.45, 2.75) is 38.1 Å². The average molecular weight is 308 g/mol.